The van der Waals surface area contributed by atoms with Crippen molar-refractivity contribution in [3.63, 3.8) is 0 Å². The highest BCUT2D eigenvalue weighted by atomic mass is 32.2. The van der Waals surface area contributed by atoms with Crippen molar-refractivity contribution in [2.24, 2.45) is 0 Å². The number of aryl methyl sites for hydroxylation is 1. The lowest BCUT2D eigenvalue weighted by Crippen LogP contribution is -2.43. The van der Waals surface area contributed by atoms with Crippen LogP contribution in [0.3, 0.4) is 0 Å². The Morgan fingerprint density at radius 1 is 1.00 bits per heavy atom. The number of likely N-dealkylation sites (N-methyl/N-ethyl adjacent to an activating group) is 1. The average molecular weight is 383 g/mol. The van der Waals surface area contributed by atoms with E-state index in [-0.39, 0.29) is 11.3 Å². The van der Waals surface area contributed by atoms with E-state index in [4.69, 9.17) is 0 Å². The van der Waals surface area contributed by atoms with Crippen LogP contribution < -0.4 is 0 Å². The van der Waals surface area contributed by atoms with Crippen LogP contribution in [0.5, 0.6) is 0 Å². The first-order valence-electron chi connectivity index (χ1n) is 8.55. The first-order chi connectivity index (χ1) is 12.8. The van der Waals surface area contributed by atoms with Crippen LogP contribution in [0.15, 0.2) is 71.6 Å². The first-order valence-corrected chi connectivity index (χ1v) is 9.99. The van der Waals surface area contributed by atoms with E-state index in [1.54, 1.807) is 12.1 Å². The molecule has 0 fully saturated rings. The minimum atomic E-state index is -3.92. The van der Waals surface area contributed by atoms with Gasteiger partial charge in [0.15, 0.2) is 0 Å². The second kappa shape index (κ2) is 7.50. The van der Waals surface area contributed by atoms with Gasteiger partial charge in [-0.25, -0.2) is 8.42 Å². The molecule has 1 atom stereocenters. The standard InChI is InChI=1S/C21H21NO4S/c1-15-10-12-18(13-11-15)27(25,26)22(2)20(21(23)24)14-17-8-5-7-16-6-3-4-9-19(16)17/h3-13,20H,14H2,1-2H3,(H,23,24)/t20-/m1/s1. The molecule has 0 saturated heterocycles. The zero-order valence-corrected chi connectivity index (χ0v) is 16.0. The number of aliphatic carboxylic acids is 1. The second-order valence-electron chi connectivity index (χ2n) is 6.53. The number of carbonyl (C=O) groups is 1. The molecule has 6 heteroatoms. The number of rotatable bonds is 6. The molecular weight excluding hydrogens is 362 g/mol. The van der Waals surface area contributed by atoms with Gasteiger partial charge in [0.1, 0.15) is 6.04 Å². The lowest BCUT2D eigenvalue weighted by atomic mass is 9.99. The van der Waals surface area contributed by atoms with Crippen molar-refractivity contribution in [3.8, 4) is 0 Å². The Labute approximate surface area is 158 Å². The minimum Gasteiger partial charge on any atom is -0.480 e. The minimum absolute atomic E-state index is 0.0816. The highest BCUT2D eigenvalue weighted by Gasteiger charge is 2.33. The number of benzene rings is 3. The quantitative estimate of drug-likeness (QED) is 0.707. The molecule has 0 bridgehead atoms. The Morgan fingerprint density at radius 3 is 2.30 bits per heavy atom. The predicted octanol–water partition coefficient (Wildman–Crippen LogP) is 3.46. The molecule has 0 aliphatic carbocycles. The average Bonchev–Trinajstić information content (AvgIpc) is 2.65. The third-order valence-electron chi connectivity index (χ3n) is 4.72. The monoisotopic (exact) mass is 383 g/mol. The summed E-state index contributed by atoms with van der Waals surface area (Å²) in [4.78, 5) is 12.0. The molecule has 27 heavy (non-hydrogen) atoms. The summed E-state index contributed by atoms with van der Waals surface area (Å²) in [7, 11) is -2.60. The fraction of sp³-hybridized carbons (Fsp3) is 0.190. The van der Waals surface area contributed by atoms with Crippen molar-refractivity contribution in [1.82, 2.24) is 4.31 Å². The summed E-state index contributed by atoms with van der Waals surface area (Å²) in [5.74, 6) is -1.18. The first kappa shape index (κ1) is 19.1. The molecule has 140 valence electrons. The van der Waals surface area contributed by atoms with Gasteiger partial charge in [0.2, 0.25) is 10.0 Å². The summed E-state index contributed by atoms with van der Waals surface area (Å²) in [6, 6.07) is 18.5. The van der Waals surface area contributed by atoms with E-state index >= 15 is 0 Å². The van der Waals surface area contributed by atoms with Crippen LogP contribution in [0.25, 0.3) is 10.8 Å². The van der Waals surface area contributed by atoms with Crippen LogP contribution in [0.2, 0.25) is 0 Å². The Balaban J connectivity index is 1.97. The highest BCUT2D eigenvalue weighted by molar-refractivity contribution is 7.89. The van der Waals surface area contributed by atoms with Crippen LogP contribution in [0.4, 0.5) is 0 Å². The molecule has 0 aliphatic heterocycles. The Bertz CT molecular complexity index is 1070. The van der Waals surface area contributed by atoms with Gasteiger partial charge in [0.25, 0.3) is 0 Å². The van der Waals surface area contributed by atoms with Crippen LogP contribution in [-0.4, -0.2) is 36.9 Å². The van der Waals surface area contributed by atoms with Gasteiger partial charge in [0, 0.05) is 13.5 Å². The van der Waals surface area contributed by atoms with Gasteiger partial charge >= 0.3 is 5.97 Å². The van der Waals surface area contributed by atoms with E-state index in [0.717, 1.165) is 26.2 Å². The second-order valence-corrected chi connectivity index (χ2v) is 8.53. The van der Waals surface area contributed by atoms with Gasteiger partial charge < -0.3 is 5.11 Å². The molecule has 0 radical (unpaired) electrons. The van der Waals surface area contributed by atoms with Crippen molar-refractivity contribution in [2.75, 3.05) is 7.05 Å². The Kier molecular flexibility index (Phi) is 5.30. The molecule has 0 saturated carbocycles. The van der Waals surface area contributed by atoms with Crippen molar-refractivity contribution >= 4 is 26.8 Å². The van der Waals surface area contributed by atoms with Gasteiger partial charge in [0.05, 0.1) is 4.90 Å². The maximum atomic E-state index is 12.9. The molecule has 0 aromatic heterocycles. The van der Waals surface area contributed by atoms with Crippen LogP contribution in [0.1, 0.15) is 11.1 Å². The number of sulfonamides is 1. The van der Waals surface area contributed by atoms with Crippen LogP contribution in [0, 0.1) is 6.92 Å². The van der Waals surface area contributed by atoms with E-state index in [0.29, 0.717) is 0 Å². The fourth-order valence-electron chi connectivity index (χ4n) is 3.09. The van der Waals surface area contributed by atoms with E-state index < -0.39 is 22.0 Å². The molecule has 3 aromatic rings. The normalized spacial score (nSPS) is 13.0. The smallest absolute Gasteiger partial charge is 0.322 e. The molecule has 1 N–H and O–H groups in total. The molecule has 0 amide bonds. The predicted molar refractivity (Wildman–Crippen MR) is 105 cm³/mol. The molecule has 0 heterocycles. The van der Waals surface area contributed by atoms with E-state index in [1.165, 1.54) is 19.2 Å². The summed E-state index contributed by atoms with van der Waals surface area (Å²) in [6.07, 6.45) is 0.0816. The molecule has 3 aromatic carbocycles. The SMILES string of the molecule is Cc1ccc(S(=O)(=O)N(C)[C@H](Cc2cccc3ccccc23)C(=O)O)cc1. The van der Waals surface area contributed by atoms with Crippen molar-refractivity contribution < 1.29 is 18.3 Å². The van der Waals surface area contributed by atoms with Crippen LogP contribution in [-0.2, 0) is 21.2 Å². The number of carboxylic acids is 1. The largest absolute Gasteiger partial charge is 0.480 e. The zero-order chi connectivity index (χ0) is 19.6. The zero-order valence-electron chi connectivity index (χ0n) is 15.2. The summed E-state index contributed by atoms with van der Waals surface area (Å²) in [6.45, 7) is 1.86. The third kappa shape index (κ3) is 3.86. The molecular formula is C21H21NO4S. The lowest BCUT2D eigenvalue weighted by molar-refractivity contribution is -0.141. The van der Waals surface area contributed by atoms with Crippen molar-refractivity contribution in [1.29, 1.82) is 0 Å². The summed E-state index contributed by atoms with van der Waals surface area (Å²) < 4.78 is 26.8. The molecule has 3 rings (SSSR count). The Hall–Kier alpha value is -2.70. The number of carboxylic acid groups (broad SMARTS) is 1. The lowest BCUT2D eigenvalue weighted by Gasteiger charge is -2.25. The molecule has 0 unspecified atom stereocenters. The van der Waals surface area contributed by atoms with Gasteiger partial charge in [-0.2, -0.15) is 4.31 Å². The number of hydrogen-bond donors (Lipinski definition) is 1. The van der Waals surface area contributed by atoms with Crippen molar-refractivity contribution in [3.05, 3.63) is 77.9 Å². The number of nitrogens with zero attached hydrogens (tertiary/aromatic N) is 1. The topological polar surface area (TPSA) is 74.7 Å². The summed E-state index contributed by atoms with van der Waals surface area (Å²) in [5, 5.41) is 11.6. The summed E-state index contributed by atoms with van der Waals surface area (Å²) in [5.41, 5.74) is 1.73. The maximum Gasteiger partial charge on any atom is 0.322 e. The van der Waals surface area contributed by atoms with E-state index in [9.17, 15) is 18.3 Å². The van der Waals surface area contributed by atoms with Crippen molar-refractivity contribution in [2.45, 2.75) is 24.3 Å². The Morgan fingerprint density at radius 2 is 1.63 bits per heavy atom. The highest BCUT2D eigenvalue weighted by Crippen LogP contribution is 2.24. The molecule has 5 nitrogen and oxygen atoms in total. The fourth-order valence-corrected chi connectivity index (χ4v) is 4.41. The molecule has 0 aliphatic rings. The number of hydrogen-bond acceptors (Lipinski definition) is 3. The van der Waals surface area contributed by atoms with Gasteiger partial charge in [-0.3, -0.25) is 4.79 Å². The van der Waals surface area contributed by atoms with Gasteiger partial charge in [-0.15, -0.1) is 0 Å². The third-order valence-corrected chi connectivity index (χ3v) is 6.60. The molecule has 0 spiro atoms. The van der Waals surface area contributed by atoms with Crippen LogP contribution >= 0.6 is 0 Å². The summed E-state index contributed by atoms with van der Waals surface area (Å²) >= 11 is 0. The number of fused-ring (bicyclic) bond motifs is 1. The van der Waals surface area contributed by atoms with E-state index in [1.807, 2.05) is 49.4 Å². The van der Waals surface area contributed by atoms with Gasteiger partial charge in [-0.05, 0) is 35.4 Å². The van der Waals surface area contributed by atoms with Gasteiger partial charge in [-0.1, -0.05) is 60.2 Å². The van der Waals surface area contributed by atoms with E-state index in [2.05, 4.69) is 0 Å². The maximum absolute atomic E-state index is 12.9.